The van der Waals surface area contributed by atoms with Crippen LogP contribution in [0.1, 0.15) is 15.9 Å². The summed E-state index contributed by atoms with van der Waals surface area (Å²) in [4.78, 5) is 27.5. The fraction of sp³-hybridized carbons (Fsp3) is 0.316. The SMILES string of the molecule is CN1CCN(c2ccc(C(=O)Nc3ccc(Br)c(C(F)(F)F)c3)cc2[N+](=O)[O-])CC1. The Balaban J connectivity index is 1.85. The number of nitro groups is 1. The van der Waals surface area contributed by atoms with Gasteiger partial charge in [-0.15, -0.1) is 0 Å². The Morgan fingerprint density at radius 1 is 1.13 bits per heavy atom. The number of nitro benzene ring substituents is 1. The highest BCUT2D eigenvalue weighted by atomic mass is 79.9. The molecule has 0 unspecified atom stereocenters. The van der Waals surface area contributed by atoms with E-state index >= 15 is 0 Å². The van der Waals surface area contributed by atoms with E-state index in [-0.39, 0.29) is 21.4 Å². The number of anilines is 2. The van der Waals surface area contributed by atoms with Gasteiger partial charge in [-0.1, -0.05) is 15.9 Å². The van der Waals surface area contributed by atoms with Crippen molar-refractivity contribution in [1.29, 1.82) is 0 Å². The molecule has 0 bridgehead atoms. The highest BCUT2D eigenvalue weighted by Crippen LogP contribution is 2.36. The second-order valence-electron chi connectivity index (χ2n) is 6.90. The standard InChI is InChI=1S/C19H18BrF3N4O3/c1-25-6-8-26(9-7-25)16-5-2-12(10-17(16)27(29)30)18(28)24-13-3-4-15(20)14(11-13)19(21,22)23/h2-5,10-11H,6-9H2,1H3,(H,24,28). The number of carbonyl (C=O) groups is 1. The molecule has 160 valence electrons. The van der Waals surface area contributed by atoms with Crippen molar-refractivity contribution in [2.75, 3.05) is 43.4 Å². The Hall–Kier alpha value is -2.66. The molecule has 0 radical (unpaired) electrons. The van der Waals surface area contributed by atoms with E-state index in [2.05, 4.69) is 26.1 Å². The summed E-state index contributed by atoms with van der Waals surface area (Å²) in [5.74, 6) is -0.738. The molecule has 0 saturated carbocycles. The molecule has 0 spiro atoms. The Morgan fingerprint density at radius 3 is 2.40 bits per heavy atom. The maximum atomic E-state index is 13.1. The lowest BCUT2D eigenvalue weighted by Crippen LogP contribution is -2.44. The molecule has 30 heavy (non-hydrogen) atoms. The van der Waals surface area contributed by atoms with Crippen molar-refractivity contribution in [1.82, 2.24) is 4.90 Å². The number of benzene rings is 2. The summed E-state index contributed by atoms with van der Waals surface area (Å²) in [7, 11) is 1.96. The van der Waals surface area contributed by atoms with Crippen molar-refractivity contribution in [3.05, 3.63) is 62.1 Å². The van der Waals surface area contributed by atoms with Gasteiger partial charge in [-0.3, -0.25) is 14.9 Å². The minimum atomic E-state index is -4.59. The van der Waals surface area contributed by atoms with Gasteiger partial charge in [0.05, 0.1) is 10.5 Å². The quantitative estimate of drug-likeness (QED) is 0.512. The average Bonchev–Trinajstić information content (AvgIpc) is 2.68. The Morgan fingerprint density at radius 2 is 1.80 bits per heavy atom. The summed E-state index contributed by atoms with van der Waals surface area (Å²) < 4.78 is 39.0. The number of amides is 1. The van der Waals surface area contributed by atoms with Gasteiger partial charge < -0.3 is 15.1 Å². The van der Waals surface area contributed by atoms with E-state index < -0.39 is 22.6 Å². The van der Waals surface area contributed by atoms with E-state index in [1.54, 1.807) is 0 Å². The number of halogens is 4. The Bertz CT molecular complexity index is 976. The number of alkyl halides is 3. The zero-order chi connectivity index (χ0) is 22.1. The van der Waals surface area contributed by atoms with Gasteiger partial charge in [0.25, 0.3) is 11.6 Å². The van der Waals surface area contributed by atoms with E-state index in [4.69, 9.17) is 0 Å². The maximum absolute atomic E-state index is 13.1. The molecule has 1 heterocycles. The van der Waals surface area contributed by atoms with E-state index in [1.165, 1.54) is 24.3 Å². The van der Waals surface area contributed by atoms with Gasteiger partial charge in [0.15, 0.2) is 0 Å². The van der Waals surface area contributed by atoms with Crippen molar-refractivity contribution >= 4 is 38.9 Å². The van der Waals surface area contributed by atoms with Crippen molar-refractivity contribution in [2.24, 2.45) is 0 Å². The molecule has 1 fully saturated rings. The summed E-state index contributed by atoms with van der Waals surface area (Å²) in [6.45, 7) is 2.74. The van der Waals surface area contributed by atoms with Crippen molar-refractivity contribution in [3.8, 4) is 0 Å². The molecule has 2 aromatic rings. The van der Waals surface area contributed by atoms with Crippen LogP contribution in [0, 0.1) is 10.1 Å². The van der Waals surface area contributed by atoms with Gasteiger partial charge in [0, 0.05) is 48.0 Å². The van der Waals surface area contributed by atoms with Gasteiger partial charge in [-0.25, -0.2) is 0 Å². The molecule has 11 heteroatoms. The van der Waals surface area contributed by atoms with Crippen LogP contribution >= 0.6 is 15.9 Å². The van der Waals surface area contributed by atoms with Crippen molar-refractivity contribution < 1.29 is 22.9 Å². The summed E-state index contributed by atoms with van der Waals surface area (Å²) in [6.07, 6.45) is -4.59. The zero-order valence-electron chi connectivity index (χ0n) is 15.9. The molecule has 0 aromatic heterocycles. The summed E-state index contributed by atoms with van der Waals surface area (Å²) in [5.41, 5.74) is -0.833. The van der Waals surface area contributed by atoms with Crippen LogP contribution in [0.5, 0.6) is 0 Å². The van der Waals surface area contributed by atoms with Gasteiger partial charge >= 0.3 is 6.18 Å². The molecular formula is C19H18BrF3N4O3. The van der Waals surface area contributed by atoms with E-state index in [9.17, 15) is 28.1 Å². The molecule has 1 N–H and O–H groups in total. The molecule has 1 amide bonds. The highest BCUT2D eigenvalue weighted by molar-refractivity contribution is 9.10. The summed E-state index contributed by atoms with van der Waals surface area (Å²) in [5, 5.41) is 13.9. The van der Waals surface area contributed by atoms with Crippen LogP contribution in [0.25, 0.3) is 0 Å². The first-order chi connectivity index (χ1) is 14.1. The van der Waals surface area contributed by atoms with Crippen molar-refractivity contribution in [3.63, 3.8) is 0 Å². The molecule has 7 nitrogen and oxygen atoms in total. The van der Waals surface area contributed by atoms with E-state index in [1.807, 2.05) is 11.9 Å². The minimum absolute atomic E-state index is 0.0175. The van der Waals surface area contributed by atoms with Crippen LogP contribution in [0.2, 0.25) is 0 Å². The van der Waals surface area contributed by atoms with Crippen molar-refractivity contribution in [2.45, 2.75) is 6.18 Å². The summed E-state index contributed by atoms with van der Waals surface area (Å²) >= 11 is 2.84. The molecule has 1 saturated heterocycles. The van der Waals surface area contributed by atoms with Gasteiger partial charge in [-0.2, -0.15) is 13.2 Å². The molecule has 0 atom stereocenters. The molecule has 2 aromatic carbocycles. The number of nitrogens with one attached hydrogen (secondary N) is 1. The molecule has 3 rings (SSSR count). The van der Waals surface area contributed by atoms with Crippen LogP contribution in [-0.2, 0) is 6.18 Å². The van der Waals surface area contributed by atoms with Gasteiger partial charge in [0.1, 0.15) is 5.69 Å². The molecule has 1 aliphatic rings. The monoisotopic (exact) mass is 486 g/mol. The number of hydrogen-bond acceptors (Lipinski definition) is 5. The first kappa shape index (κ1) is 22.0. The Kier molecular flexibility index (Phi) is 6.32. The van der Waals surface area contributed by atoms with Crippen LogP contribution < -0.4 is 10.2 Å². The molecule has 0 aliphatic carbocycles. The first-order valence-electron chi connectivity index (χ1n) is 8.96. The lowest BCUT2D eigenvalue weighted by molar-refractivity contribution is -0.384. The van der Waals surface area contributed by atoms with Crippen LogP contribution in [0.4, 0.5) is 30.2 Å². The second-order valence-corrected chi connectivity index (χ2v) is 7.75. The lowest BCUT2D eigenvalue weighted by Gasteiger charge is -2.33. The normalized spacial score (nSPS) is 15.2. The first-order valence-corrected chi connectivity index (χ1v) is 9.75. The average molecular weight is 487 g/mol. The largest absolute Gasteiger partial charge is 0.417 e. The number of likely N-dealkylation sites (N-methyl/N-ethyl adjacent to an activating group) is 1. The Labute approximate surface area is 178 Å². The van der Waals surface area contributed by atoms with E-state index in [0.717, 1.165) is 25.2 Å². The maximum Gasteiger partial charge on any atom is 0.417 e. The molecule has 1 aliphatic heterocycles. The number of carbonyl (C=O) groups excluding carboxylic acids is 1. The van der Waals surface area contributed by atoms with Gasteiger partial charge in [-0.05, 0) is 37.4 Å². The topological polar surface area (TPSA) is 78.7 Å². The fourth-order valence-corrected chi connectivity index (χ4v) is 3.62. The smallest absolute Gasteiger partial charge is 0.363 e. The summed E-state index contributed by atoms with van der Waals surface area (Å²) in [6, 6.07) is 7.36. The third-order valence-corrected chi connectivity index (χ3v) is 5.50. The van der Waals surface area contributed by atoms with Crippen LogP contribution in [0.15, 0.2) is 40.9 Å². The number of rotatable bonds is 4. The number of piperazine rings is 1. The minimum Gasteiger partial charge on any atom is -0.363 e. The van der Waals surface area contributed by atoms with Crippen LogP contribution in [0.3, 0.4) is 0 Å². The second kappa shape index (κ2) is 8.60. The predicted octanol–water partition coefficient (Wildman–Crippen LogP) is 4.38. The van der Waals surface area contributed by atoms with Gasteiger partial charge in [0.2, 0.25) is 0 Å². The zero-order valence-corrected chi connectivity index (χ0v) is 17.5. The lowest BCUT2D eigenvalue weighted by atomic mass is 10.1. The predicted molar refractivity (Wildman–Crippen MR) is 110 cm³/mol. The van der Waals surface area contributed by atoms with Crippen LogP contribution in [-0.4, -0.2) is 49.0 Å². The fourth-order valence-electron chi connectivity index (χ4n) is 3.15. The van der Waals surface area contributed by atoms with E-state index in [0.29, 0.717) is 18.8 Å². The third kappa shape index (κ3) is 4.90. The highest BCUT2D eigenvalue weighted by Gasteiger charge is 2.33. The number of hydrogen-bond donors (Lipinski definition) is 1. The molecular weight excluding hydrogens is 469 g/mol. The number of nitrogens with zero attached hydrogens (tertiary/aromatic N) is 3. The third-order valence-electron chi connectivity index (χ3n) is 4.81.